The van der Waals surface area contributed by atoms with Crippen molar-refractivity contribution in [2.75, 3.05) is 16.8 Å². The van der Waals surface area contributed by atoms with E-state index in [1.807, 2.05) is 13.0 Å². The predicted octanol–water partition coefficient (Wildman–Crippen LogP) is 0.344. The number of amides is 1. The van der Waals surface area contributed by atoms with Crippen LogP contribution in [0.15, 0.2) is 24.4 Å². The van der Waals surface area contributed by atoms with Gasteiger partial charge >= 0.3 is 0 Å². The van der Waals surface area contributed by atoms with Gasteiger partial charge < -0.3 is 21.3 Å². The molecule has 0 radical (unpaired) electrons. The molecule has 0 spiro atoms. The summed E-state index contributed by atoms with van der Waals surface area (Å²) in [6.45, 7) is 1.58. The minimum atomic E-state index is -1.27. The van der Waals surface area contributed by atoms with Crippen LogP contribution in [-0.4, -0.2) is 39.0 Å². The standard InChI is InChI=1S/C15H17ClN6O3/c1-7-3-2-4-18-13(7)22-8-5-9(16)19-12(20-10(23)6-17)11(8)14(24)21-15(22)25/h2-5,14-15,21,24-25H,6,17H2,1H3,(H,19,20,23). The number of nitrogens with one attached hydrogen (secondary N) is 2. The van der Waals surface area contributed by atoms with E-state index in [-0.39, 0.29) is 23.1 Å². The van der Waals surface area contributed by atoms with E-state index in [1.54, 1.807) is 12.3 Å². The predicted molar refractivity (Wildman–Crippen MR) is 92.1 cm³/mol. The number of nitrogens with zero attached hydrogens (tertiary/aromatic N) is 3. The summed E-state index contributed by atoms with van der Waals surface area (Å²) in [5, 5.41) is 25.9. The zero-order valence-electron chi connectivity index (χ0n) is 13.3. The third-order valence-corrected chi connectivity index (χ3v) is 3.94. The van der Waals surface area contributed by atoms with Crippen molar-refractivity contribution >= 4 is 34.8 Å². The molecule has 3 rings (SSSR count). The maximum Gasteiger partial charge on any atom is 0.239 e. The Balaban J connectivity index is 2.19. The Morgan fingerprint density at radius 1 is 1.52 bits per heavy atom. The van der Waals surface area contributed by atoms with E-state index >= 15 is 0 Å². The highest BCUT2D eigenvalue weighted by Gasteiger charge is 2.35. The third-order valence-electron chi connectivity index (χ3n) is 3.74. The highest BCUT2D eigenvalue weighted by molar-refractivity contribution is 6.30. The number of aromatic nitrogens is 2. The van der Waals surface area contributed by atoms with Gasteiger partial charge in [-0.1, -0.05) is 17.7 Å². The largest absolute Gasteiger partial charge is 0.374 e. The summed E-state index contributed by atoms with van der Waals surface area (Å²) in [5.74, 6) is 0.0355. The Labute approximate surface area is 148 Å². The lowest BCUT2D eigenvalue weighted by Crippen LogP contribution is -2.50. The number of aryl methyl sites for hydroxylation is 1. The summed E-state index contributed by atoms with van der Waals surface area (Å²) >= 11 is 6.07. The summed E-state index contributed by atoms with van der Waals surface area (Å²) in [6.07, 6.45) is -0.949. The molecule has 0 aliphatic carbocycles. The maximum absolute atomic E-state index is 11.7. The number of hydrogen-bond donors (Lipinski definition) is 5. The van der Waals surface area contributed by atoms with Gasteiger partial charge in [0.2, 0.25) is 5.91 Å². The van der Waals surface area contributed by atoms with Crippen LogP contribution in [-0.2, 0) is 4.79 Å². The first kappa shape index (κ1) is 17.5. The molecule has 2 atom stereocenters. The zero-order chi connectivity index (χ0) is 18.1. The molecule has 1 amide bonds. The molecule has 0 aromatic carbocycles. The molecule has 3 heterocycles. The first-order valence-electron chi connectivity index (χ1n) is 7.45. The van der Waals surface area contributed by atoms with Crippen molar-refractivity contribution in [1.82, 2.24) is 15.3 Å². The van der Waals surface area contributed by atoms with E-state index in [0.29, 0.717) is 11.5 Å². The fraction of sp³-hybridized carbons (Fsp3) is 0.267. The molecule has 1 aliphatic rings. The molecule has 10 heteroatoms. The number of nitrogens with two attached hydrogens (primary N) is 1. The lowest BCUT2D eigenvalue weighted by Gasteiger charge is -2.39. The average Bonchev–Trinajstić information content (AvgIpc) is 2.55. The number of carbonyl (C=O) groups is 1. The van der Waals surface area contributed by atoms with E-state index in [1.165, 1.54) is 11.0 Å². The van der Waals surface area contributed by atoms with Crippen LogP contribution in [0, 0.1) is 6.92 Å². The third kappa shape index (κ3) is 3.28. The van der Waals surface area contributed by atoms with Gasteiger partial charge in [0.1, 0.15) is 23.0 Å². The SMILES string of the molecule is Cc1cccnc1N1c2cc(Cl)nc(NC(=O)CN)c2C(O)NC1O. The highest BCUT2D eigenvalue weighted by atomic mass is 35.5. The summed E-state index contributed by atoms with van der Waals surface area (Å²) in [6, 6.07) is 5.08. The van der Waals surface area contributed by atoms with Crippen LogP contribution in [0.1, 0.15) is 17.4 Å². The Morgan fingerprint density at radius 3 is 2.96 bits per heavy atom. The molecule has 0 saturated carbocycles. The minimum Gasteiger partial charge on any atom is -0.374 e. The fourth-order valence-electron chi connectivity index (χ4n) is 2.65. The number of fused-ring (bicyclic) bond motifs is 1. The van der Waals surface area contributed by atoms with Crippen LogP contribution in [0.3, 0.4) is 0 Å². The van der Waals surface area contributed by atoms with Crippen LogP contribution in [0.25, 0.3) is 0 Å². The van der Waals surface area contributed by atoms with E-state index < -0.39 is 18.5 Å². The van der Waals surface area contributed by atoms with Crippen molar-refractivity contribution in [1.29, 1.82) is 0 Å². The lowest BCUT2D eigenvalue weighted by atomic mass is 10.1. The van der Waals surface area contributed by atoms with Crippen molar-refractivity contribution in [3.63, 3.8) is 0 Å². The van der Waals surface area contributed by atoms with Crippen LogP contribution < -0.4 is 21.3 Å². The molecule has 0 bridgehead atoms. The number of aliphatic hydroxyl groups excluding tert-OH is 2. The van der Waals surface area contributed by atoms with Gasteiger partial charge in [-0.05, 0) is 24.6 Å². The Kier molecular flexibility index (Phi) is 4.84. The second-order valence-electron chi connectivity index (χ2n) is 5.44. The average molecular weight is 365 g/mol. The van der Waals surface area contributed by atoms with Gasteiger partial charge in [-0.15, -0.1) is 0 Å². The topological polar surface area (TPSA) is 137 Å². The van der Waals surface area contributed by atoms with Gasteiger partial charge in [-0.2, -0.15) is 0 Å². The number of rotatable bonds is 3. The van der Waals surface area contributed by atoms with Gasteiger partial charge in [-0.25, -0.2) is 15.3 Å². The molecule has 25 heavy (non-hydrogen) atoms. The van der Waals surface area contributed by atoms with Crippen LogP contribution in [0.4, 0.5) is 17.3 Å². The van der Waals surface area contributed by atoms with E-state index in [9.17, 15) is 15.0 Å². The molecular formula is C15H17ClN6O3. The summed E-state index contributed by atoms with van der Waals surface area (Å²) in [7, 11) is 0. The molecule has 1 aliphatic heterocycles. The van der Waals surface area contributed by atoms with Crippen molar-refractivity contribution in [3.05, 3.63) is 40.7 Å². The smallest absolute Gasteiger partial charge is 0.239 e. The number of hydrogen-bond acceptors (Lipinski definition) is 8. The van der Waals surface area contributed by atoms with E-state index in [2.05, 4.69) is 20.6 Å². The lowest BCUT2D eigenvalue weighted by molar-refractivity contribution is -0.114. The van der Waals surface area contributed by atoms with Crippen molar-refractivity contribution in [3.8, 4) is 0 Å². The van der Waals surface area contributed by atoms with Crippen LogP contribution in [0.5, 0.6) is 0 Å². The van der Waals surface area contributed by atoms with Gasteiger partial charge in [0.15, 0.2) is 6.35 Å². The van der Waals surface area contributed by atoms with Gasteiger partial charge in [-0.3, -0.25) is 9.69 Å². The second kappa shape index (κ2) is 6.90. The molecule has 2 unspecified atom stereocenters. The molecule has 0 fully saturated rings. The van der Waals surface area contributed by atoms with Crippen LogP contribution >= 0.6 is 11.6 Å². The Bertz CT molecular complexity index is 818. The monoisotopic (exact) mass is 364 g/mol. The van der Waals surface area contributed by atoms with E-state index in [4.69, 9.17) is 17.3 Å². The highest BCUT2D eigenvalue weighted by Crippen LogP contribution is 2.41. The quantitative estimate of drug-likeness (QED) is 0.492. The molecule has 0 saturated heterocycles. The molecule has 132 valence electrons. The number of pyridine rings is 2. The molecule has 6 N–H and O–H groups in total. The Hall–Kier alpha value is -2.30. The number of anilines is 3. The second-order valence-corrected chi connectivity index (χ2v) is 5.82. The normalized spacial score (nSPS) is 19.5. The molecule has 2 aromatic rings. The molecule has 2 aromatic heterocycles. The maximum atomic E-state index is 11.7. The number of carbonyl (C=O) groups excluding carboxylic acids is 1. The van der Waals surface area contributed by atoms with Crippen molar-refractivity contribution < 1.29 is 15.0 Å². The summed E-state index contributed by atoms with van der Waals surface area (Å²) in [5.41, 5.74) is 6.73. The van der Waals surface area contributed by atoms with Gasteiger partial charge in [0.25, 0.3) is 0 Å². The first-order valence-corrected chi connectivity index (χ1v) is 7.83. The van der Waals surface area contributed by atoms with Gasteiger partial charge in [0.05, 0.1) is 17.8 Å². The van der Waals surface area contributed by atoms with E-state index in [0.717, 1.165) is 5.56 Å². The summed E-state index contributed by atoms with van der Waals surface area (Å²) in [4.78, 5) is 21.5. The first-order chi connectivity index (χ1) is 11.9. The molecular weight excluding hydrogens is 348 g/mol. The fourth-order valence-corrected chi connectivity index (χ4v) is 2.84. The number of aliphatic hydroxyl groups is 2. The van der Waals surface area contributed by atoms with Crippen molar-refractivity contribution in [2.45, 2.75) is 19.5 Å². The minimum absolute atomic E-state index is 0.0587. The Morgan fingerprint density at radius 2 is 2.28 bits per heavy atom. The van der Waals surface area contributed by atoms with Crippen LogP contribution in [0.2, 0.25) is 5.15 Å². The molecule has 9 nitrogen and oxygen atoms in total. The zero-order valence-corrected chi connectivity index (χ0v) is 14.0. The van der Waals surface area contributed by atoms with Gasteiger partial charge in [0, 0.05) is 6.20 Å². The number of halogens is 1. The summed E-state index contributed by atoms with van der Waals surface area (Å²) < 4.78 is 0. The van der Waals surface area contributed by atoms with Crippen molar-refractivity contribution in [2.24, 2.45) is 5.73 Å².